The first kappa shape index (κ1) is 19.9. The third-order valence-corrected chi connectivity index (χ3v) is 27.7. The van der Waals surface area contributed by atoms with E-state index < -0.39 is 20.0 Å². The van der Waals surface area contributed by atoms with Gasteiger partial charge in [-0.3, -0.25) is 0 Å². The van der Waals surface area contributed by atoms with Crippen molar-refractivity contribution in [3.8, 4) is 16.9 Å². The Bertz CT molecular complexity index is 905. The minimum Gasteiger partial charge on any atom is -1.00 e. The number of fused-ring (bicyclic) bond motifs is 3. The maximum atomic E-state index is 5.75. The van der Waals surface area contributed by atoms with Gasteiger partial charge in [0.05, 0.1) is 0 Å². The Hall–Kier alpha value is -0.830. The van der Waals surface area contributed by atoms with Crippen LogP contribution in [0, 0.1) is 0 Å². The Kier molecular flexibility index (Phi) is 5.59. The number of methoxy groups -OCH3 is 1. The number of benzene rings is 2. The third-order valence-electron chi connectivity index (χ3n) is 6.38. The number of hydrogen-bond acceptors (Lipinski definition) is 1. The molecule has 2 aliphatic carbocycles. The number of halogens is 2. The molecule has 0 saturated carbocycles. The SMILES string of the molecule is COc1cccc2c1-c1ccccc1[CH]2[Hf+2]1([C]2=CC=CC2)[CH2][CH]1C.[Cl-].[Cl-]. The van der Waals surface area contributed by atoms with Crippen molar-refractivity contribution in [2.45, 2.75) is 24.9 Å². The second-order valence-electron chi connectivity index (χ2n) is 7.41. The molecule has 1 nitrogen and oxygen atoms in total. The van der Waals surface area contributed by atoms with Gasteiger partial charge in [0.15, 0.2) is 0 Å². The van der Waals surface area contributed by atoms with Gasteiger partial charge in [0.1, 0.15) is 0 Å². The van der Waals surface area contributed by atoms with E-state index in [1.807, 2.05) is 3.33 Å². The van der Waals surface area contributed by atoms with E-state index in [4.69, 9.17) is 4.74 Å². The van der Waals surface area contributed by atoms with E-state index in [1.165, 1.54) is 21.7 Å². The standard InChI is InChI=1S/C14H11O.C5H5.C3H6.2ClH.Hf/c1-15-13-8-4-6-11-9-10-5-2-3-7-12(10)14(11)13;1-2-4-5-3-1;1-3-2;;;/h2-9H,1H3;1-3H,4H2;3H,1H2,2H3;2*1H;/q;;;;;+2/p-2. The summed E-state index contributed by atoms with van der Waals surface area (Å²) in [6, 6.07) is 15.8. The first-order valence-corrected chi connectivity index (χ1v) is 17.4. The van der Waals surface area contributed by atoms with E-state index in [2.05, 4.69) is 67.6 Å². The van der Waals surface area contributed by atoms with Gasteiger partial charge in [-0.1, -0.05) is 0 Å². The molecular weight excluding hydrogens is 530 g/mol. The van der Waals surface area contributed by atoms with Crippen molar-refractivity contribution >= 4 is 0 Å². The fourth-order valence-electron chi connectivity index (χ4n) is 5.22. The fourth-order valence-corrected chi connectivity index (χ4v) is 31.4. The molecule has 5 rings (SSSR count). The predicted octanol–water partition coefficient (Wildman–Crippen LogP) is 0.0110. The first-order valence-electron chi connectivity index (χ1n) is 8.89. The predicted molar refractivity (Wildman–Crippen MR) is 96.3 cm³/mol. The van der Waals surface area contributed by atoms with Gasteiger partial charge in [-0.25, -0.2) is 0 Å². The van der Waals surface area contributed by atoms with Crippen LogP contribution in [0.2, 0.25) is 7.85 Å². The van der Waals surface area contributed by atoms with Crippen molar-refractivity contribution in [3.05, 3.63) is 75.1 Å². The van der Waals surface area contributed by atoms with Crippen molar-refractivity contribution in [2.75, 3.05) is 7.11 Å². The monoisotopic (exact) mass is 552 g/mol. The van der Waals surface area contributed by atoms with Gasteiger partial charge >= 0.3 is 149 Å². The van der Waals surface area contributed by atoms with Gasteiger partial charge in [-0.05, 0) is 0 Å². The summed E-state index contributed by atoms with van der Waals surface area (Å²) in [5, 5.41) is 0. The molecule has 0 N–H and O–H groups in total. The van der Waals surface area contributed by atoms with Gasteiger partial charge in [-0.15, -0.1) is 0 Å². The van der Waals surface area contributed by atoms with E-state index in [0.29, 0.717) is 3.67 Å². The van der Waals surface area contributed by atoms with E-state index in [-0.39, 0.29) is 24.8 Å². The minimum atomic E-state index is -2.55. The van der Waals surface area contributed by atoms with Crippen molar-refractivity contribution in [2.24, 2.45) is 0 Å². The Labute approximate surface area is 172 Å². The average Bonchev–Trinajstić information content (AvgIpc) is 3.01. The molecule has 2 aromatic rings. The summed E-state index contributed by atoms with van der Waals surface area (Å²) >= 11 is -2.55. The fraction of sp³-hybridized carbons (Fsp3) is 0.273. The van der Waals surface area contributed by atoms with Crippen molar-refractivity contribution in [1.29, 1.82) is 0 Å². The van der Waals surface area contributed by atoms with Crippen LogP contribution in [0.1, 0.15) is 28.1 Å². The zero-order chi connectivity index (χ0) is 16.3. The molecule has 1 fully saturated rings. The van der Waals surface area contributed by atoms with Gasteiger partial charge in [0.25, 0.3) is 0 Å². The van der Waals surface area contributed by atoms with E-state index >= 15 is 0 Å². The van der Waals surface area contributed by atoms with Crippen molar-refractivity contribution < 1.29 is 49.5 Å². The normalized spacial score (nSPS) is 24.5. The molecule has 1 heterocycles. The molecule has 4 heteroatoms. The van der Waals surface area contributed by atoms with Crippen LogP contribution in [-0.4, -0.2) is 7.11 Å². The molecule has 0 aromatic heterocycles. The van der Waals surface area contributed by atoms with E-state index in [9.17, 15) is 0 Å². The van der Waals surface area contributed by atoms with Crippen LogP contribution in [0.25, 0.3) is 11.1 Å². The average molecular weight is 552 g/mol. The second kappa shape index (κ2) is 7.30. The summed E-state index contributed by atoms with van der Waals surface area (Å²) in [6.45, 7) is 2.52. The van der Waals surface area contributed by atoms with Crippen LogP contribution >= 0.6 is 0 Å². The van der Waals surface area contributed by atoms with E-state index in [0.717, 1.165) is 9.42 Å². The van der Waals surface area contributed by atoms with Gasteiger partial charge in [0, 0.05) is 0 Å². The van der Waals surface area contributed by atoms with Crippen LogP contribution < -0.4 is 29.6 Å². The minimum absolute atomic E-state index is 0. The summed E-state index contributed by atoms with van der Waals surface area (Å²) in [6.07, 6.45) is 8.32. The largest absolute Gasteiger partial charge is 1.00 e. The Morgan fingerprint density at radius 3 is 2.38 bits per heavy atom. The topological polar surface area (TPSA) is 9.23 Å². The number of ether oxygens (including phenoxy) is 1. The summed E-state index contributed by atoms with van der Waals surface area (Å²) in [5.41, 5.74) is 5.91. The maximum absolute atomic E-state index is 5.75. The summed E-state index contributed by atoms with van der Waals surface area (Å²) in [7, 11) is 1.80. The third kappa shape index (κ3) is 2.60. The number of rotatable bonds is 3. The summed E-state index contributed by atoms with van der Waals surface area (Å²) in [5.74, 6) is 1.04. The van der Waals surface area contributed by atoms with Crippen LogP contribution in [0.15, 0.2) is 64.0 Å². The zero-order valence-corrected chi connectivity index (χ0v) is 20.1. The molecule has 1 aliphatic heterocycles. The molecule has 2 aromatic carbocycles. The second-order valence-corrected chi connectivity index (χ2v) is 24.3. The Morgan fingerprint density at radius 1 is 1.00 bits per heavy atom. The van der Waals surface area contributed by atoms with Crippen LogP contribution in [0.3, 0.4) is 0 Å². The summed E-state index contributed by atoms with van der Waals surface area (Å²) in [4.78, 5) is 0. The molecule has 3 unspecified atom stereocenters. The first-order chi connectivity index (χ1) is 11.8. The van der Waals surface area contributed by atoms with Gasteiger partial charge in [-0.2, -0.15) is 0 Å². The number of hydrogen-bond donors (Lipinski definition) is 0. The van der Waals surface area contributed by atoms with Crippen molar-refractivity contribution in [3.63, 3.8) is 0 Å². The Morgan fingerprint density at radius 2 is 1.73 bits per heavy atom. The van der Waals surface area contributed by atoms with Crippen LogP contribution in [0.5, 0.6) is 5.75 Å². The van der Waals surface area contributed by atoms with Gasteiger partial charge < -0.3 is 24.8 Å². The molecule has 0 amide bonds. The van der Waals surface area contributed by atoms with Crippen LogP contribution in [0.4, 0.5) is 0 Å². The Balaban J connectivity index is 0.000000980. The molecule has 134 valence electrons. The molecule has 3 aliphatic rings. The molecule has 1 saturated heterocycles. The smallest absolute Gasteiger partial charge is 1.00 e. The maximum Gasteiger partial charge on any atom is -1.00 e. The molecule has 0 radical (unpaired) electrons. The molecular formula is C22H22Cl2HfO. The molecule has 3 atom stereocenters. The zero-order valence-electron chi connectivity index (χ0n) is 15.0. The van der Waals surface area contributed by atoms with E-state index in [1.54, 1.807) is 18.2 Å². The molecule has 26 heavy (non-hydrogen) atoms. The quantitative estimate of drug-likeness (QED) is 0.489. The molecule has 0 bridgehead atoms. The molecule has 0 spiro atoms. The van der Waals surface area contributed by atoms with Crippen molar-refractivity contribution in [1.82, 2.24) is 0 Å². The van der Waals surface area contributed by atoms with Crippen LogP contribution in [-0.2, 0) is 20.0 Å². The summed E-state index contributed by atoms with van der Waals surface area (Å²) < 4.78 is 10.7. The van der Waals surface area contributed by atoms with Gasteiger partial charge in [0.2, 0.25) is 0 Å². The number of allylic oxidation sites excluding steroid dienone is 4.